The van der Waals surface area contributed by atoms with Crippen LogP contribution >= 0.6 is 0 Å². The van der Waals surface area contributed by atoms with Crippen molar-refractivity contribution in [1.29, 1.82) is 0 Å². The van der Waals surface area contributed by atoms with E-state index in [1.54, 1.807) is 14.2 Å². The molecule has 0 radical (unpaired) electrons. The molecule has 1 heterocycles. The Morgan fingerprint density at radius 1 is 1.24 bits per heavy atom. The Bertz CT molecular complexity index is 337. The number of ether oxygens (including phenoxy) is 2. The van der Waals surface area contributed by atoms with Crippen molar-refractivity contribution in [2.75, 3.05) is 33.9 Å². The first-order chi connectivity index (χ1) is 8.35. The zero-order valence-electron chi connectivity index (χ0n) is 10.7. The van der Waals surface area contributed by atoms with Crippen LogP contribution in [0, 0.1) is 0 Å². The summed E-state index contributed by atoms with van der Waals surface area (Å²) in [4.78, 5) is 2.51. The fourth-order valence-electron chi connectivity index (χ4n) is 2.51. The molecule has 1 fully saturated rings. The van der Waals surface area contributed by atoms with Crippen molar-refractivity contribution < 1.29 is 9.47 Å². The average molecular weight is 235 g/mol. The van der Waals surface area contributed by atoms with Gasteiger partial charge in [0.15, 0.2) is 0 Å². The lowest BCUT2D eigenvalue weighted by Crippen LogP contribution is -2.26. The van der Waals surface area contributed by atoms with Gasteiger partial charge in [-0.2, -0.15) is 0 Å². The highest BCUT2D eigenvalue weighted by Gasteiger charge is 2.25. The molecular formula is C14H21NO2. The summed E-state index contributed by atoms with van der Waals surface area (Å²) in [5, 5.41) is 0. The van der Waals surface area contributed by atoms with E-state index in [0.717, 1.165) is 18.9 Å². The summed E-state index contributed by atoms with van der Waals surface area (Å²) in [5.41, 5.74) is 1.39. The zero-order chi connectivity index (χ0) is 12.1. The van der Waals surface area contributed by atoms with Gasteiger partial charge in [0.1, 0.15) is 5.75 Å². The minimum atomic E-state index is 0.552. The van der Waals surface area contributed by atoms with Crippen LogP contribution in [-0.2, 0) is 4.74 Å². The second kappa shape index (κ2) is 6.03. The molecule has 94 valence electrons. The third kappa shape index (κ3) is 2.99. The normalized spacial score (nSPS) is 20.7. The lowest BCUT2D eigenvalue weighted by Gasteiger charge is -2.24. The van der Waals surface area contributed by atoms with Gasteiger partial charge in [0.25, 0.3) is 0 Å². The molecule has 0 amide bonds. The Balaban J connectivity index is 2.03. The molecule has 1 atom stereocenters. The Hall–Kier alpha value is -1.06. The van der Waals surface area contributed by atoms with Gasteiger partial charge in [-0.25, -0.2) is 0 Å². The van der Waals surface area contributed by atoms with E-state index in [0.29, 0.717) is 6.04 Å². The quantitative estimate of drug-likeness (QED) is 0.782. The molecule has 0 N–H and O–H groups in total. The van der Waals surface area contributed by atoms with Gasteiger partial charge in [-0.3, -0.25) is 4.90 Å². The maximum Gasteiger partial charge on any atom is 0.118 e. The molecule has 17 heavy (non-hydrogen) atoms. The summed E-state index contributed by atoms with van der Waals surface area (Å²) in [6, 6.07) is 8.99. The lowest BCUT2D eigenvalue weighted by atomic mass is 10.0. The van der Waals surface area contributed by atoms with Crippen molar-refractivity contribution in [3.8, 4) is 5.75 Å². The molecule has 0 spiro atoms. The first kappa shape index (κ1) is 12.4. The van der Waals surface area contributed by atoms with Crippen molar-refractivity contribution in [3.63, 3.8) is 0 Å². The molecule has 1 aromatic carbocycles. The van der Waals surface area contributed by atoms with Gasteiger partial charge < -0.3 is 9.47 Å². The van der Waals surface area contributed by atoms with Crippen LogP contribution in [0.4, 0.5) is 0 Å². The molecule has 2 rings (SSSR count). The van der Waals surface area contributed by atoms with Crippen molar-refractivity contribution >= 4 is 0 Å². The number of nitrogens with zero attached hydrogens (tertiary/aromatic N) is 1. The largest absolute Gasteiger partial charge is 0.497 e. The van der Waals surface area contributed by atoms with Gasteiger partial charge in [0.05, 0.1) is 13.7 Å². The van der Waals surface area contributed by atoms with Gasteiger partial charge in [-0.05, 0) is 37.1 Å². The Morgan fingerprint density at radius 2 is 2.00 bits per heavy atom. The van der Waals surface area contributed by atoms with Crippen LogP contribution in [0.15, 0.2) is 24.3 Å². The van der Waals surface area contributed by atoms with E-state index in [9.17, 15) is 0 Å². The highest BCUT2D eigenvalue weighted by Crippen LogP contribution is 2.32. The van der Waals surface area contributed by atoms with E-state index in [1.165, 1.54) is 24.9 Å². The van der Waals surface area contributed by atoms with Gasteiger partial charge in [0.2, 0.25) is 0 Å². The minimum absolute atomic E-state index is 0.552. The van der Waals surface area contributed by atoms with Gasteiger partial charge in [0, 0.05) is 19.7 Å². The highest BCUT2D eigenvalue weighted by atomic mass is 16.5. The van der Waals surface area contributed by atoms with E-state index < -0.39 is 0 Å². The van der Waals surface area contributed by atoms with E-state index in [4.69, 9.17) is 9.47 Å². The summed E-state index contributed by atoms with van der Waals surface area (Å²) in [7, 11) is 3.47. The lowest BCUT2D eigenvalue weighted by molar-refractivity contribution is 0.141. The van der Waals surface area contributed by atoms with Crippen molar-refractivity contribution in [2.45, 2.75) is 18.9 Å². The van der Waals surface area contributed by atoms with E-state index in [2.05, 4.69) is 17.0 Å². The Kier molecular flexibility index (Phi) is 4.40. The molecule has 1 aromatic rings. The molecule has 1 aliphatic heterocycles. The minimum Gasteiger partial charge on any atom is -0.497 e. The summed E-state index contributed by atoms with van der Waals surface area (Å²) in [6.45, 7) is 3.01. The number of likely N-dealkylation sites (tertiary alicyclic amines) is 1. The number of benzene rings is 1. The summed E-state index contributed by atoms with van der Waals surface area (Å²) >= 11 is 0. The number of methoxy groups -OCH3 is 2. The molecule has 0 aliphatic carbocycles. The zero-order valence-corrected chi connectivity index (χ0v) is 10.7. The van der Waals surface area contributed by atoms with Crippen LogP contribution in [0.3, 0.4) is 0 Å². The smallest absolute Gasteiger partial charge is 0.118 e. The monoisotopic (exact) mass is 235 g/mol. The molecule has 3 heteroatoms. The molecule has 3 nitrogen and oxygen atoms in total. The first-order valence-electron chi connectivity index (χ1n) is 6.22. The molecule has 0 saturated carbocycles. The predicted octanol–water partition coefficient (Wildman–Crippen LogP) is 2.48. The number of hydrogen-bond acceptors (Lipinski definition) is 3. The summed E-state index contributed by atoms with van der Waals surface area (Å²) < 4.78 is 10.4. The predicted molar refractivity (Wildman–Crippen MR) is 68.4 cm³/mol. The van der Waals surface area contributed by atoms with Gasteiger partial charge in [-0.1, -0.05) is 12.1 Å². The fourth-order valence-corrected chi connectivity index (χ4v) is 2.51. The second-order valence-electron chi connectivity index (χ2n) is 4.46. The van der Waals surface area contributed by atoms with Crippen LogP contribution in [0.1, 0.15) is 24.4 Å². The number of rotatable bonds is 5. The molecule has 1 unspecified atom stereocenters. The highest BCUT2D eigenvalue weighted by molar-refractivity contribution is 5.29. The average Bonchev–Trinajstić information content (AvgIpc) is 2.84. The van der Waals surface area contributed by atoms with Crippen LogP contribution in [0.2, 0.25) is 0 Å². The molecule has 0 aromatic heterocycles. The third-order valence-electron chi connectivity index (χ3n) is 3.45. The van der Waals surface area contributed by atoms with E-state index in [-0.39, 0.29) is 0 Å². The maximum absolute atomic E-state index is 5.19. The van der Waals surface area contributed by atoms with E-state index in [1.807, 2.05) is 12.1 Å². The SMILES string of the molecule is COCCN1CCCC1c1ccc(OC)cc1. The third-order valence-corrected chi connectivity index (χ3v) is 3.45. The van der Waals surface area contributed by atoms with Gasteiger partial charge >= 0.3 is 0 Å². The van der Waals surface area contributed by atoms with Crippen LogP contribution in [0.25, 0.3) is 0 Å². The van der Waals surface area contributed by atoms with Crippen molar-refractivity contribution in [3.05, 3.63) is 29.8 Å². The van der Waals surface area contributed by atoms with Crippen molar-refractivity contribution in [2.24, 2.45) is 0 Å². The Morgan fingerprint density at radius 3 is 2.65 bits per heavy atom. The van der Waals surface area contributed by atoms with Crippen LogP contribution in [-0.4, -0.2) is 38.8 Å². The first-order valence-corrected chi connectivity index (χ1v) is 6.22. The second-order valence-corrected chi connectivity index (χ2v) is 4.46. The molecule has 0 bridgehead atoms. The van der Waals surface area contributed by atoms with Gasteiger partial charge in [-0.15, -0.1) is 0 Å². The maximum atomic E-state index is 5.19. The molecule has 1 aliphatic rings. The van der Waals surface area contributed by atoms with E-state index >= 15 is 0 Å². The fraction of sp³-hybridized carbons (Fsp3) is 0.571. The Labute approximate surface area is 103 Å². The van der Waals surface area contributed by atoms with Crippen LogP contribution in [0.5, 0.6) is 5.75 Å². The molecular weight excluding hydrogens is 214 g/mol. The van der Waals surface area contributed by atoms with Crippen molar-refractivity contribution in [1.82, 2.24) is 4.90 Å². The number of hydrogen-bond donors (Lipinski definition) is 0. The standard InChI is InChI=1S/C14H21NO2/c1-16-11-10-15-9-3-4-14(15)12-5-7-13(17-2)8-6-12/h5-8,14H,3-4,9-11H2,1-2H3. The summed E-state index contributed by atoms with van der Waals surface area (Å²) in [5.74, 6) is 0.926. The molecule has 1 saturated heterocycles. The summed E-state index contributed by atoms with van der Waals surface area (Å²) in [6.07, 6.45) is 2.52. The van der Waals surface area contributed by atoms with Crippen LogP contribution < -0.4 is 4.74 Å². The topological polar surface area (TPSA) is 21.7 Å².